The molecule has 10 heteroatoms. The maximum atomic E-state index is 14.0. The van der Waals surface area contributed by atoms with Crippen molar-refractivity contribution in [1.29, 1.82) is 0 Å². The SMILES string of the molecule is CCOC(=O)C1=C(c2ccccc2)N=c2s/c(=C\c3cccc(OCC(=O)O)c3)c(=O)n2[C@@H]1c1ccc(SC)cc1. The summed E-state index contributed by atoms with van der Waals surface area (Å²) in [6.07, 6.45) is 3.69. The molecule has 0 fully saturated rings. The minimum absolute atomic E-state index is 0.174. The Morgan fingerprint density at radius 3 is 2.51 bits per heavy atom. The van der Waals surface area contributed by atoms with Crippen molar-refractivity contribution in [1.82, 2.24) is 4.57 Å². The van der Waals surface area contributed by atoms with Crippen molar-refractivity contribution in [3.8, 4) is 5.75 Å². The summed E-state index contributed by atoms with van der Waals surface area (Å²) in [4.78, 5) is 44.8. The zero-order valence-electron chi connectivity index (χ0n) is 22.3. The molecule has 1 N–H and O–H groups in total. The fourth-order valence-electron chi connectivity index (χ4n) is 4.53. The monoisotopic (exact) mass is 586 g/mol. The van der Waals surface area contributed by atoms with Gasteiger partial charge in [-0.25, -0.2) is 14.6 Å². The van der Waals surface area contributed by atoms with Gasteiger partial charge in [0, 0.05) is 10.5 Å². The number of thiazole rings is 1. The Hall–Kier alpha value is -4.41. The molecule has 2 heterocycles. The molecule has 1 aromatic heterocycles. The van der Waals surface area contributed by atoms with E-state index in [2.05, 4.69) is 0 Å². The first-order chi connectivity index (χ1) is 19.9. The minimum atomic E-state index is -1.08. The second-order valence-electron chi connectivity index (χ2n) is 8.96. The zero-order valence-corrected chi connectivity index (χ0v) is 23.9. The number of carboxylic acid groups (broad SMARTS) is 1. The second-order valence-corrected chi connectivity index (χ2v) is 10.8. The van der Waals surface area contributed by atoms with Gasteiger partial charge in [-0.05, 0) is 54.6 Å². The summed E-state index contributed by atoms with van der Waals surface area (Å²) in [6.45, 7) is 1.44. The number of carbonyl (C=O) groups excluding carboxylic acids is 1. The summed E-state index contributed by atoms with van der Waals surface area (Å²) < 4.78 is 12.8. The Balaban J connectivity index is 1.74. The molecule has 1 aliphatic rings. The van der Waals surface area contributed by atoms with Crippen LogP contribution in [0.4, 0.5) is 0 Å². The van der Waals surface area contributed by atoms with Crippen molar-refractivity contribution in [2.24, 2.45) is 4.99 Å². The van der Waals surface area contributed by atoms with Gasteiger partial charge in [-0.3, -0.25) is 9.36 Å². The molecule has 41 heavy (non-hydrogen) atoms. The molecule has 0 unspecified atom stereocenters. The van der Waals surface area contributed by atoms with Crippen LogP contribution in [0.25, 0.3) is 11.8 Å². The lowest BCUT2D eigenvalue weighted by Gasteiger charge is -2.26. The van der Waals surface area contributed by atoms with Gasteiger partial charge in [0.25, 0.3) is 5.56 Å². The first-order valence-corrected chi connectivity index (χ1v) is 14.8. The van der Waals surface area contributed by atoms with Crippen LogP contribution in [0.3, 0.4) is 0 Å². The van der Waals surface area contributed by atoms with E-state index in [1.807, 2.05) is 60.9 Å². The highest BCUT2D eigenvalue weighted by atomic mass is 32.2. The molecule has 0 radical (unpaired) electrons. The van der Waals surface area contributed by atoms with Gasteiger partial charge in [-0.2, -0.15) is 0 Å². The third kappa shape index (κ3) is 6.03. The number of esters is 1. The lowest BCUT2D eigenvalue weighted by molar-refractivity contribution is -0.140. The van der Waals surface area contributed by atoms with Crippen molar-refractivity contribution >= 4 is 46.8 Å². The third-order valence-corrected chi connectivity index (χ3v) is 8.05. The molecule has 8 nitrogen and oxygen atoms in total. The number of benzene rings is 3. The van der Waals surface area contributed by atoms with E-state index in [-0.39, 0.29) is 17.7 Å². The number of hydrogen-bond acceptors (Lipinski definition) is 8. The number of aliphatic carboxylic acids is 1. The summed E-state index contributed by atoms with van der Waals surface area (Å²) in [5, 5.41) is 8.93. The van der Waals surface area contributed by atoms with Crippen LogP contribution >= 0.6 is 23.1 Å². The molecule has 1 aliphatic heterocycles. The molecule has 0 saturated heterocycles. The van der Waals surface area contributed by atoms with Gasteiger partial charge in [0.05, 0.1) is 28.5 Å². The van der Waals surface area contributed by atoms with E-state index in [1.165, 1.54) is 11.3 Å². The molecule has 208 valence electrons. The average molecular weight is 587 g/mol. The first-order valence-electron chi connectivity index (χ1n) is 12.8. The van der Waals surface area contributed by atoms with E-state index >= 15 is 0 Å². The quantitative estimate of drug-likeness (QED) is 0.232. The van der Waals surface area contributed by atoms with E-state index < -0.39 is 24.6 Å². The molecule has 0 saturated carbocycles. The number of ether oxygens (including phenoxy) is 2. The first kappa shape index (κ1) is 28.1. The molecule has 1 atom stereocenters. The Bertz CT molecular complexity index is 1810. The van der Waals surface area contributed by atoms with Gasteiger partial charge >= 0.3 is 11.9 Å². The lowest BCUT2D eigenvalue weighted by atomic mass is 9.93. The highest BCUT2D eigenvalue weighted by Crippen LogP contribution is 2.35. The Kier molecular flexibility index (Phi) is 8.51. The van der Waals surface area contributed by atoms with Crippen LogP contribution in [0.1, 0.15) is 29.7 Å². The van der Waals surface area contributed by atoms with Crippen molar-refractivity contribution in [3.05, 3.63) is 121 Å². The van der Waals surface area contributed by atoms with Gasteiger partial charge in [0.1, 0.15) is 5.75 Å². The molecule has 5 rings (SSSR count). The van der Waals surface area contributed by atoms with E-state index in [9.17, 15) is 14.4 Å². The fourth-order valence-corrected chi connectivity index (χ4v) is 5.94. The summed E-state index contributed by atoms with van der Waals surface area (Å²) in [5.41, 5.74) is 2.59. The largest absolute Gasteiger partial charge is 0.482 e. The van der Waals surface area contributed by atoms with Crippen LogP contribution in [0.2, 0.25) is 0 Å². The smallest absolute Gasteiger partial charge is 0.341 e. The Morgan fingerprint density at radius 1 is 1.07 bits per heavy atom. The summed E-state index contributed by atoms with van der Waals surface area (Å²) in [5.74, 6) is -1.25. The topological polar surface area (TPSA) is 107 Å². The normalized spacial score (nSPS) is 14.8. The van der Waals surface area contributed by atoms with Crippen LogP contribution in [-0.2, 0) is 14.3 Å². The molecule has 0 amide bonds. The van der Waals surface area contributed by atoms with E-state index in [0.29, 0.717) is 26.3 Å². The molecule has 0 spiro atoms. The summed E-state index contributed by atoms with van der Waals surface area (Å²) in [7, 11) is 0. The number of hydrogen-bond donors (Lipinski definition) is 1. The van der Waals surface area contributed by atoms with E-state index in [4.69, 9.17) is 19.6 Å². The van der Waals surface area contributed by atoms with E-state index in [0.717, 1.165) is 16.0 Å². The van der Waals surface area contributed by atoms with Gasteiger partial charge < -0.3 is 14.6 Å². The number of aromatic nitrogens is 1. The second kappa shape index (κ2) is 12.4. The third-order valence-electron chi connectivity index (χ3n) is 6.32. The maximum Gasteiger partial charge on any atom is 0.341 e. The molecule has 3 aromatic carbocycles. The highest BCUT2D eigenvalue weighted by Gasteiger charge is 2.35. The Morgan fingerprint density at radius 2 is 1.83 bits per heavy atom. The number of thioether (sulfide) groups is 1. The van der Waals surface area contributed by atoms with Crippen LogP contribution in [0.5, 0.6) is 5.75 Å². The minimum Gasteiger partial charge on any atom is -0.482 e. The number of rotatable bonds is 9. The lowest BCUT2D eigenvalue weighted by Crippen LogP contribution is -2.40. The van der Waals surface area contributed by atoms with Gasteiger partial charge in [-0.15, -0.1) is 11.8 Å². The van der Waals surface area contributed by atoms with Crippen molar-refractivity contribution in [3.63, 3.8) is 0 Å². The van der Waals surface area contributed by atoms with Crippen molar-refractivity contribution < 1.29 is 24.2 Å². The van der Waals surface area contributed by atoms with Crippen molar-refractivity contribution in [2.75, 3.05) is 19.5 Å². The predicted molar refractivity (Wildman–Crippen MR) is 159 cm³/mol. The predicted octanol–water partition coefficient (Wildman–Crippen LogP) is 4.12. The number of fused-ring (bicyclic) bond motifs is 1. The van der Waals surface area contributed by atoms with Crippen LogP contribution < -0.4 is 19.6 Å². The zero-order chi connectivity index (χ0) is 28.9. The fraction of sp³-hybridized carbons (Fsp3) is 0.161. The molecule has 0 bridgehead atoms. The van der Waals surface area contributed by atoms with Gasteiger partial charge in [-0.1, -0.05) is 65.9 Å². The summed E-state index contributed by atoms with van der Waals surface area (Å²) >= 11 is 2.82. The van der Waals surface area contributed by atoms with Gasteiger partial charge in [0.2, 0.25) is 0 Å². The average Bonchev–Trinajstić information content (AvgIpc) is 3.30. The standard InChI is InChI=1S/C31H26N2O6S2/c1-3-38-30(37)26-27(20-9-5-4-6-10-20)32-31-33(28(26)21-12-14-23(40-2)15-13-21)29(36)24(41-31)17-19-8-7-11-22(16-19)39-18-25(34)35/h4-17,28H,3,18H2,1-2H3,(H,34,35)/b24-17-/t28-/m1/s1. The highest BCUT2D eigenvalue weighted by molar-refractivity contribution is 7.98. The van der Waals surface area contributed by atoms with E-state index in [1.54, 1.807) is 53.6 Å². The molecule has 4 aromatic rings. The number of carbonyl (C=O) groups is 2. The number of nitrogens with zero attached hydrogens (tertiary/aromatic N) is 2. The number of carboxylic acids is 1. The molecular formula is C31H26N2O6S2. The van der Waals surface area contributed by atoms with Crippen LogP contribution in [-0.4, -0.2) is 41.1 Å². The van der Waals surface area contributed by atoms with Crippen molar-refractivity contribution in [2.45, 2.75) is 17.9 Å². The summed E-state index contributed by atoms with van der Waals surface area (Å²) in [6, 6.07) is 23.2. The molecule has 0 aliphatic carbocycles. The van der Waals surface area contributed by atoms with Crippen LogP contribution in [0.15, 0.2) is 99.1 Å². The Labute approximate surface area is 243 Å². The maximum absolute atomic E-state index is 14.0. The van der Waals surface area contributed by atoms with Gasteiger partial charge in [0.15, 0.2) is 11.4 Å². The molecular weight excluding hydrogens is 560 g/mol. The van der Waals surface area contributed by atoms with Crippen LogP contribution in [0, 0.1) is 0 Å².